The van der Waals surface area contributed by atoms with Gasteiger partial charge in [-0.1, -0.05) is 0 Å². The first-order valence-electron chi connectivity index (χ1n) is 6.12. The number of hydrogen-bond donors (Lipinski definition) is 3. The minimum atomic E-state index is -3.69. The Bertz CT molecular complexity index is 560. The Morgan fingerprint density at radius 1 is 1.37 bits per heavy atom. The molecule has 0 aromatic heterocycles. The van der Waals surface area contributed by atoms with Crippen LogP contribution in [-0.4, -0.2) is 26.0 Å². The van der Waals surface area contributed by atoms with Crippen LogP contribution in [0.4, 0.5) is 11.4 Å². The summed E-state index contributed by atoms with van der Waals surface area (Å²) in [6.45, 7) is 0. The molecule has 1 aromatic carbocycles. The van der Waals surface area contributed by atoms with E-state index in [1.54, 1.807) is 6.07 Å². The minimum absolute atomic E-state index is 0.0453. The molecule has 2 unspecified atom stereocenters. The standard InChI is InChI=1S/C12H19N3O2S2/c1-18-9-3-2-8(6-9)15-12-5-4-10(7-11(12)13)19(14,16)17/h4-5,7-9,15H,2-3,6,13H2,1H3,(H2,14,16,17). The largest absolute Gasteiger partial charge is 0.397 e. The van der Waals surface area contributed by atoms with Crippen LogP contribution >= 0.6 is 11.8 Å². The first kappa shape index (κ1) is 14.5. The van der Waals surface area contributed by atoms with Gasteiger partial charge in [0.1, 0.15) is 0 Å². The molecule has 0 saturated heterocycles. The molecule has 2 atom stereocenters. The number of thioether (sulfide) groups is 1. The van der Waals surface area contributed by atoms with E-state index < -0.39 is 10.0 Å². The lowest BCUT2D eigenvalue weighted by Crippen LogP contribution is -2.18. The van der Waals surface area contributed by atoms with E-state index in [1.807, 2.05) is 11.8 Å². The zero-order valence-corrected chi connectivity index (χ0v) is 12.4. The Labute approximate surface area is 118 Å². The smallest absolute Gasteiger partial charge is 0.238 e. The topological polar surface area (TPSA) is 98.2 Å². The van der Waals surface area contributed by atoms with Gasteiger partial charge in [-0.05, 0) is 43.7 Å². The molecule has 0 amide bonds. The molecule has 0 aliphatic heterocycles. The normalized spacial score (nSPS) is 23.5. The highest BCUT2D eigenvalue weighted by molar-refractivity contribution is 7.99. The fourth-order valence-corrected chi connectivity index (χ4v) is 3.70. The Hall–Kier alpha value is -0.920. The van der Waals surface area contributed by atoms with Crippen molar-refractivity contribution in [2.45, 2.75) is 35.4 Å². The second-order valence-corrected chi connectivity index (χ2v) is 7.51. The van der Waals surface area contributed by atoms with Crippen molar-refractivity contribution in [3.05, 3.63) is 18.2 Å². The average molecular weight is 301 g/mol. The van der Waals surface area contributed by atoms with Crippen LogP contribution in [0, 0.1) is 0 Å². The van der Waals surface area contributed by atoms with E-state index in [0.717, 1.165) is 18.5 Å². The molecule has 5 nitrogen and oxygen atoms in total. The number of anilines is 2. The Morgan fingerprint density at radius 3 is 2.63 bits per heavy atom. The predicted octanol–water partition coefficient (Wildman–Crippen LogP) is 1.61. The van der Waals surface area contributed by atoms with Gasteiger partial charge in [0.15, 0.2) is 0 Å². The first-order chi connectivity index (χ1) is 8.90. The molecule has 5 N–H and O–H groups in total. The van der Waals surface area contributed by atoms with Crippen molar-refractivity contribution >= 4 is 33.2 Å². The summed E-state index contributed by atoms with van der Waals surface area (Å²) in [5.41, 5.74) is 7.07. The summed E-state index contributed by atoms with van der Waals surface area (Å²) >= 11 is 1.89. The van der Waals surface area contributed by atoms with Crippen molar-refractivity contribution in [2.75, 3.05) is 17.3 Å². The lowest BCUT2D eigenvalue weighted by atomic mass is 10.2. The monoisotopic (exact) mass is 301 g/mol. The number of primary sulfonamides is 1. The molecule has 7 heteroatoms. The highest BCUT2D eigenvalue weighted by Gasteiger charge is 2.24. The molecule has 19 heavy (non-hydrogen) atoms. The molecular formula is C12H19N3O2S2. The summed E-state index contributed by atoms with van der Waals surface area (Å²) in [4.78, 5) is 0.0453. The van der Waals surface area contributed by atoms with Crippen molar-refractivity contribution in [3.63, 3.8) is 0 Å². The second-order valence-electron chi connectivity index (χ2n) is 4.81. The lowest BCUT2D eigenvalue weighted by molar-refractivity contribution is 0.598. The third kappa shape index (κ3) is 3.55. The molecule has 1 fully saturated rings. The van der Waals surface area contributed by atoms with Crippen LogP contribution in [0.25, 0.3) is 0 Å². The van der Waals surface area contributed by atoms with E-state index in [4.69, 9.17) is 10.9 Å². The molecular weight excluding hydrogens is 282 g/mol. The summed E-state index contributed by atoms with van der Waals surface area (Å²) in [5, 5.41) is 9.14. The van der Waals surface area contributed by atoms with Gasteiger partial charge in [0.2, 0.25) is 10.0 Å². The quantitative estimate of drug-likeness (QED) is 0.734. The van der Waals surface area contributed by atoms with E-state index in [-0.39, 0.29) is 4.90 Å². The maximum atomic E-state index is 11.2. The van der Waals surface area contributed by atoms with Crippen molar-refractivity contribution in [1.29, 1.82) is 0 Å². The summed E-state index contributed by atoms with van der Waals surface area (Å²) < 4.78 is 22.4. The number of sulfonamides is 1. The molecule has 2 rings (SSSR count). The third-order valence-electron chi connectivity index (χ3n) is 3.43. The number of rotatable bonds is 4. The van der Waals surface area contributed by atoms with Gasteiger partial charge in [-0.2, -0.15) is 11.8 Å². The van der Waals surface area contributed by atoms with E-state index in [9.17, 15) is 8.42 Å². The van der Waals surface area contributed by atoms with Gasteiger partial charge in [-0.25, -0.2) is 13.6 Å². The molecule has 106 valence electrons. The van der Waals surface area contributed by atoms with E-state index in [0.29, 0.717) is 17.0 Å². The second kappa shape index (κ2) is 5.60. The van der Waals surface area contributed by atoms with Gasteiger partial charge < -0.3 is 11.1 Å². The van der Waals surface area contributed by atoms with Crippen LogP contribution in [-0.2, 0) is 10.0 Å². The summed E-state index contributed by atoms with van der Waals surface area (Å²) in [5.74, 6) is 0. The van der Waals surface area contributed by atoms with Crippen LogP contribution < -0.4 is 16.2 Å². The number of hydrogen-bond acceptors (Lipinski definition) is 5. The minimum Gasteiger partial charge on any atom is -0.397 e. The zero-order chi connectivity index (χ0) is 14.0. The number of nitrogen functional groups attached to an aromatic ring is 1. The fourth-order valence-electron chi connectivity index (χ4n) is 2.35. The van der Waals surface area contributed by atoms with Crippen LogP contribution in [0.3, 0.4) is 0 Å². The van der Waals surface area contributed by atoms with Gasteiger partial charge >= 0.3 is 0 Å². The number of benzene rings is 1. The van der Waals surface area contributed by atoms with Gasteiger partial charge in [-0.3, -0.25) is 0 Å². The third-order valence-corrected chi connectivity index (χ3v) is 5.43. The maximum Gasteiger partial charge on any atom is 0.238 e. The SMILES string of the molecule is CSC1CCC(Nc2ccc(S(N)(=O)=O)cc2N)C1. The lowest BCUT2D eigenvalue weighted by Gasteiger charge is -2.16. The fraction of sp³-hybridized carbons (Fsp3) is 0.500. The Balaban J connectivity index is 2.10. The Morgan fingerprint density at radius 2 is 2.11 bits per heavy atom. The van der Waals surface area contributed by atoms with E-state index in [2.05, 4.69) is 11.6 Å². The molecule has 1 aliphatic carbocycles. The maximum absolute atomic E-state index is 11.2. The van der Waals surface area contributed by atoms with Gasteiger partial charge in [0.25, 0.3) is 0 Å². The zero-order valence-electron chi connectivity index (χ0n) is 10.8. The van der Waals surface area contributed by atoms with Crippen molar-refractivity contribution in [1.82, 2.24) is 0 Å². The van der Waals surface area contributed by atoms with Gasteiger partial charge in [0.05, 0.1) is 16.3 Å². The van der Waals surface area contributed by atoms with Crippen LogP contribution in [0.2, 0.25) is 0 Å². The number of nitrogens with one attached hydrogen (secondary N) is 1. The highest BCUT2D eigenvalue weighted by Crippen LogP contribution is 2.32. The summed E-state index contributed by atoms with van der Waals surface area (Å²) in [7, 11) is -3.69. The molecule has 0 bridgehead atoms. The van der Waals surface area contributed by atoms with Crippen molar-refractivity contribution < 1.29 is 8.42 Å². The molecule has 0 heterocycles. The van der Waals surface area contributed by atoms with Crippen molar-refractivity contribution in [3.8, 4) is 0 Å². The van der Waals surface area contributed by atoms with Crippen LogP contribution in [0.15, 0.2) is 23.1 Å². The van der Waals surface area contributed by atoms with Gasteiger partial charge in [0, 0.05) is 11.3 Å². The van der Waals surface area contributed by atoms with Crippen LogP contribution in [0.1, 0.15) is 19.3 Å². The molecule has 1 saturated carbocycles. The molecule has 1 aliphatic rings. The molecule has 1 aromatic rings. The molecule has 0 radical (unpaired) electrons. The van der Waals surface area contributed by atoms with E-state index >= 15 is 0 Å². The van der Waals surface area contributed by atoms with Gasteiger partial charge in [-0.15, -0.1) is 0 Å². The first-order valence-corrected chi connectivity index (χ1v) is 8.95. The summed E-state index contributed by atoms with van der Waals surface area (Å²) in [6, 6.07) is 4.97. The summed E-state index contributed by atoms with van der Waals surface area (Å²) in [6.07, 6.45) is 5.55. The Kier molecular flexibility index (Phi) is 4.27. The molecule has 0 spiro atoms. The van der Waals surface area contributed by atoms with Crippen molar-refractivity contribution in [2.24, 2.45) is 5.14 Å². The predicted molar refractivity (Wildman–Crippen MR) is 80.8 cm³/mol. The van der Waals surface area contributed by atoms with Crippen LogP contribution in [0.5, 0.6) is 0 Å². The van der Waals surface area contributed by atoms with E-state index in [1.165, 1.54) is 18.6 Å². The highest BCUT2D eigenvalue weighted by atomic mass is 32.2. The number of nitrogens with two attached hydrogens (primary N) is 2. The average Bonchev–Trinajstić information content (AvgIpc) is 2.78.